The van der Waals surface area contributed by atoms with Crippen molar-refractivity contribution in [3.63, 3.8) is 0 Å². The zero-order valence-corrected chi connectivity index (χ0v) is 19.3. The molecule has 2 amide bonds. The van der Waals surface area contributed by atoms with E-state index in [4.69, 9.17) is 9.47 Å². The van der Waals surface area contributed by atoms with Crippen LogP contribution in [-0.2, 0) is 19.1 Å². The largest absolute Gasteiger partial charge is 0.482 e. The van der Waals surface area contributed by atoms with Crippen LogP contribution < -0.4 is 15.0 Å². The van der Waals surface area contributed by atoms with Gasteiger partial charge in [-0.15, -0.1) is 0 Å². The molecule has 1 aliphatic heterocycles. The molecular formula is C25H28N2O6. The lowest BCUT2D eigenvalue weighted by atomic mass is 10.0. The molecule has 0 radical (unpaired) electrons. The molecule has 1 N–H and O–H groups in total. The van der Waals surface area contributed by atoms with Crippen LogP contribution in [0, 0.1) is 13.8 Å². The van der Waals surface area contributed by atoms with Crippen LogP contribution in [0.5, 0.6) is 5.75 Å². The quantitative estimate of drug-likeness (QED) is 0.485. The molecule has 0 spiro atoms. The van der Waals surface area contributed by atoms with Crippen molar-refractivity contribution in [3.8, 4) is 5.75 Å². The van der Waals surface area contributed by atoms with Gasteiger partial charge in [0.15, 0.2) is 12.4 Å². The molecule has 0 aliphatic carbocycles. The van der Waals surface area contributed by atoms with E-state index in [9.17, 15) is 19.2 Å². The predicted molar refractivity (Wildman–Crippen MR) is 124 cm³/mol. The fourth-order valence-corrected chi connectivity index (χ4v) is 3.59. The summed E-state index contributed by atoms with van der Waals surface area (Å²) in [5.74, 6) is -1.05. The molecule has 1 atom stereocenters. The minimum atomic E-state index is -0.843. The highest BCUT2D eigenvalue weighted by Gasteiger charge is 2.34. The van der Waals surface area contributed by atoms with E-state index < -0.39 is 12.0 Å². The Balaban J connectivity index is 1.82. The van der Waals surface area contributed by atoms with Crippen molar-refractivity contribution in [1.29, 1.82) is 0 Å². The Morgan fingerprint density at radius 1 is 1.12 bits per heavy atom. The van der Waals surface area contributed by atoms with Crippen LogP contribution in [0.25, 0.3) is 0 Å². The Hall–Kier alpha value is -3.68. The second-order valence-corrected chi connectivity index (χ2v) is 7.95. The van der Waals surface area contributed by atoms with Gasteiger partial charge >= 0.3 is 5.97 Å². The van der Waals surface area contributed by atoms with Gasteiger partial charge in [-0.05, 0) is 63.1 Å². The van der Waals surface area contributed by atoms with Crippen LogP contribution in [-0.4, -0.2) is 42.8 Å². The van der Waals surface area contributed by atoms with E-state index in [2.05, 4.69) is 5.32 Å². The van der Waals surface area contributed by atoms with Crippen LogP contribution in [0.15, 0.2) is 36.4 Å². The average molecular weight is 453 g/mol. The minimum absolute atomic E-state index is 0.0188. The lowest BCUT2D eigenvalue weighted by Crippen LogP contribution is -2.49. The molecule has 0 saturated carbocycles. The van der Waals surface area contributed by atoms with Crippen molar-refractivity contribution in [2.24, 2.45) is 0 Å². The number of nitrogens with one attached hydrogen (secondary N) is 1. The van der Waals surface area contributed by atoms with E-state index in [0.29, 0.717) is 22.7 Å². The first-order chi connectivity index (χ1) is 15.7. The molecule has 174 valence electrons. The Labute approximate surface area is 192 Å². The van der Waals surface area contributed by atoms with Gasteiger partial charge in [0, 0.05) is 17.7 Å². The van der Waals surface area contributed by atoms with Crippen molar-refractivity contribution >= 4 is 34.9 Å². The number of anilines is 2. The maximum atomic E-state index is 13.0. The van der Waals surface area contributed by atoms with Crippen molar-refractivity contribution in [2.45, 2.75) is 46.6 Å². The molecule has 0 aromatic heterocycles. The van der Waals surface area contributed by atoms with E-state index in [-0.39, 0.29) is 43.7 Å². The number of carbonyl (C=O) groups is 4. The molecule has 2 aromatic rings. The molecule has 3 rings (SSSR count). The van der Waals surface area contributed by atoms with Gasteiger partial charge in [-0.3, -0.25) is 24.1 Å². The summed E-state index contributed by atoms with van der Waals surface area (Å²) < 4.78 is 10.4. The maximum Gasteiger partial charge on any atom is 0.306 e. The molecule has 8 heteroatoms. The predicted octanol–water partition coefficient (Wildman–Crippen LogP) is 3.58. The van der Waals surface area contributed by atoms with E-state index in [0.717, 1.165) is 11.1 Å². The molecular weight excluding hydrogens is 424 g/mol. The van der Waals surface area contributed by atoms with E-state index >= 15 is 0 Å². The van der Waals surface area contributed by atoms with Crippen molar-refractivity contribution in [3.05, 3.63) is 53.1 Å². The number of rotatable bonds is 8. The molecule has 1 aliphatic rings. The van der Waals surface area contributed by atoms with Gasteiger partial charge in [0.05, 0.1) is 18.7 Å². The zero-order chi connectivity index (χ0) is 24.1. The fourth-order valence-electron chi connectivity index (χ4n) is 3.59. The number of ether oxygens (including phenoxy) is 2. The Morgan fingerprint density at radius 3 is 2.61 bits per heavy atom. The highest BCUT2D eigenvalue weighted by molar-refractivity contribution is 6.08. The highest BCUT2D eigenvalue weighted by atomic mass is 16.5. The van der Waals surface area contributed by atoms with Gasteiger partial charge in [-0.1, -0.05) is 12.1 Å². The van der Waals surface area contributed by atoms with Crippen LogP contribution >= 0.6 is 0 Å². The second-order valence-electron chi connectivity index (χ2n) is 7.95. The normalized spacial score (nSPS) is 13.6. The summed E-state index contributed by atoms with van der Waals surface area (Å²) in [6.07, 6.45) is -0.0490. The van der Waals surface area contributed by atoms with Crippen molar-refractivity contribution < 1.29 is 28.7 Å². The van der Waals surface area contributed by atoms with E-state index in [1.54, 1.807) is 26.0 Å². The first-order valence-electron chi connectivity index (χ1n) is 10.9. The summed E-state index contributed by atoms with van der Waals surface area (Å²) >= 11 is 0. The third-order valence-corrected chi connectivity index (χ3v) is 5.44. The van der Waals surface area contributed by atoms with Crippen LogP contribution in [0.2, 0.25) is 0 Å². The number of esters is 1. The number of fused-ring (bicyclic) bond motifs is 1. The number of benzene rings is 2. The number of aryl methyl sites for hydroxylation is 2. The van der Waals surface area contributed by atoms with Gasteiger partial charge < -0.3 is 14.8 Å². The number of hydrogen-bond donors (Lipinski definition) is 1. The number of carbonyl (C=O) groups excluding carboxylic acids is 4. The van der Waals surface area contributed by atoms with Gasteiger partial charge in [0.1, 0.15) is 11.8 Å². The number of ketones is 1. The summed E-state index contributed by atoms with van der Waals surface area (Å²) in [7, 11) is 0. The monoisotopic (exact) mass is 452 g/mol. The first kappa shape index (κ1) is 24.0. The third-order valence-electron chi connectivity index (χ3n) is 5.44. The van der Waals surface area contributed by atoms with Gasteiger partial charge in [0.2, 0.25) is 5.91 Å². The van der Waals surface area contributed by atoms with Crippen LogP contribution in [0.3, 0.4) is 0 Å². The van der Waals surface area contributed by atoms with Gasteiger partial charge in [-0.25, -0.2) is 0 Å². The topological polar surface area (TPSA) is 102 Å². The lowest BCUT2D eigenvalue weighted by molar-refractivity contribution is -0.143. The molecule has 1 unspecified atom stereocenters. The number of hydrogen-bond acceptors (Lipinski definition) is 6. The zero-order valence-electron chi connectivity index (χ0n) is 19.3. The third kappa shape index (κ3) is 5.58. The number of amides is 2. The highest BCUT2D eigenvalue weighted by Crippen LogP contribution is 2.35. The molecule has 0 fully saturated rings. The second kappa shape index (κ2) is 10.3. The summed E-state index contributed by atoms with van der Waals surface area (Å²) in [5, 5.41) is 2.89. The first-order valence-corrected chi connectivity index (χ1v) is 10.9. The molecule has 2 aromatic carbocycles. The van der Waals surface area contributed by atoms with Gasteiger partial charge in [-0.2, -0.15) is 0 Å². The summed E-state index contributed by atoms with van der Waals surface area (Å²) in [4.78, 5) is 51.3. The lowest BCUT2D eigenvalue weighted by Gasteiger charge is -2.33. The molecule has 0 saturated heterocycles. The number of nitrogens with zero attached hydrogens (tertiary/aromatic N) is 1. The summed E-state index contributed by atoms with van der Waals surface area (Å²) in [6, 6.07) is 9.61. The molecule has 8 nitrogen and oxygen atoms in total. The summed E-state index contributed by atoms with van der Waals surface area (Å²) in [6.45, 7) is 7.20. The van der Waals surface area contributed by atoms with Crippen LogP contribution in [0.1, 0.15) is 48.2 Å². The molecule has 33 heavy (non-hydrogen) atoms. The number of Topliss-reactive ketones (excluding diaryl/α,β-unsaturated/α-hetero) is 1. The SMILES string of the molecule is CCOC(=O)CCC(=O)c1ccc2c(c1)N(C(C)C(=O)Nc1cc(C)ccc1C)C(=O)CO2. The average Bonchev–Trinajstić information content (AvgIpc) is 2.79. The maximum absolute atomic E-state index is 13.0. The van der Waals surface area contributed by atoms with Crippen LogP contribution in [0.4, 0.5) is 11.4 Å². The Kier molecular flexibility index (Phi) is 7.48. The molecule has 1 heterocycles. The Bertz CT molecular complexity index is 1090. The van der Waals surface area contributed by atoms with E-state index in [1.165, 1.54) is 11.0 Å². The minimum Gasteiger partial charge on any atom is -0.482 e. The van der Waals surface area contributed by atoms with Crippen molar-refractivity contribution in [2.75, 3.05) is 23.4 Å². The van der Waals surface area contributed by atoms with E-state index in [1.807, 2.05) is 32.0 Å². The fraction of sp³-hybridized carbons (Fsp3) is 0.360. The smallest absolute Gasteiger partial charge is 0.306 e. The summed E-state index contributed by atoms with van der Waals surface area (Å²) in [5.41, 5.74) is 3.25. The Morgan fingerprint density at radius 2 is 1.88 bits per heavy atom. The van der Waals surface area contributed by atoms with Gasteiger partial charge in [0.25, 0.3) is 5.91 Å². The van der Waals surface area contributed by atoms with Crippen molar-refractivity contribution in [1.82, 2.24) is 0 Å². The molecule has 0 bridgehead atoms. The standard InChI is InChI=1S/C25H28N2O6/c1-5-32-24(30)11-9-21(28)18-8-10-22-20(13-18)27(23(29)14-33-22)17(4)25(31)26-19-12-15(2)6-7-16(19)3/h6-8,10,12-13,17H,5,9,11,14H2,1-4H3,(H,26,31).